The summed E-state index contributed by atoms with van der Waals surface area (Å²) in [6.07, 6.45) is -0.750. The minimum atomic E-state index is -1.11. The van der Waals surface area contributed by atoms with Gasteiger partial charge in [-0.15, -0.1) is 0 Å². The van der Waals surface area contributed by atoms with Crippen LogP contribution in [0, 0.1) is 6.92 Å². The molecule has 0 unspecified atom stereocenters. The number of β-amino-alcohol motifs (C(OH)–C–C–N with tert-alkyl or cyclic N) is 1. The number of carboxylic acid groups (broad SMARTS) is 1. The molecule has 0 saturated carbocycles. The van der Waals surface area contributed by atoms with E-state index in [1.807, 2.05) is 13.0 Å². The van der Waals surface area contributed by atoms with Crippen molar-refractivity contribution in [2.75, 3.05) is 11.9 Å². The van der Waals surface area contributed by atoms with Gasteiger partial charge in [0.25, 0.3) is 0 Å². The minimum Gasteiger partial charge on any atom is -0.480 e. The Morgan fingerprint density at radius 3 is 2.80 bits per heavy atom. The average Bonchev–Trinajstić information content (AvgIpc) is 2.76. The van der Waals surface area contributed by atoms with Gasteiger partial charge in [0.1, 0.15) is 6.04 Å². The van der Waals surface area contributed by atoms with Crippen LogP contribution in [0.2, 0.25) is 0 Å². The molecule has 3 N–H and O–H groups in total. The lowest BCUT2D eigenvalue weighted by Crippen LogP contribution is -2.43. The fourth-order valence-electron chi connectivity index (χ4n) is 2.19. The van der Waals surface area contributed by atoms with Crippen molar-refractivity contribution in [1.29, 1.82) is 0 Å². The standard InChI is InChI=1S/C13H15BrN2O4/c1-7-2-3-9(14)10(4-7)15-13(20)16-6-8(17)5-11(16)12(18)19/h2-4,8,11,17H,5-6H2,1H3,(H,15,20)(H,18,19)/t8-,11-/m1/s1. The summed E-state index contributed by atoms with van der Waals surface area (Å²) in [6, 6.07) is 3.95. The second-order valence-corrected chi connectivity index (χ2v) is 5.66. The van der Waals surface area contributed by atoms with Gasteiger partial charge in [-0.3, -0.25) is 0 Å². The number of hydrogen-bond donors (Lipinski definition) is 3. The summed E-state index contributed by atoms with van der Waals surface area (Å²) in [5.74, 6) is -1.11. The number of aliphatic hydroxyl groups excluding tert-OH is 1. The van der Waals surface area contributed by atoms with E-state index in [9.17, 15) is 14.7 Å². The maximum Gasteiger partial charge on any atom is 0.326 e. The molecule has 0 aliphatic carbocycles. The van der Waals surface area contributed by atoms with Gasteiger partial charge < -0.3 is 20.4 Å². The van der Waals surface area contributed by atoms with Gasteiger partial charge in [0, 0.05) is 17.4 Å². The van der Waals surface area contributed by atoms with E-state index in [0.717, 1.165) is 10.5 Å². The van der Waals surface area contributed by atoms with Gasteiger partial charge in [-0.1, -0.05) is 6.07 Å². The number of carbonyl (C=O) groups is 2. The Morgan fingerprint density at radius 1 is 1.45 bits per heavy atom. The van der Waals surface area contributed by atoms with Crippen molar-refractivity contribution in [1.82, 2.24) is 4.90 Å². The maximum absolute atomic E-state index is 12.2. The van der Waals surface area contributed by atoms with Gasteiger partial charge in [0.2, 0.25) is 0 Å². The molecule has 1 fully saturated rings. The summed E-state index contributed by atoms with van der Waals surface area (Å²) in [7, 11) is 0. The lowest BCUT2D eigenvalue weighted by molar-refractivity contribution is -0.141. The van der Waals surface area contributed by atoms with Crippen molar-refractivity contribution in [2.45, 2.75) is 25.5 Å². The van der Waals surface area contributed by atoms with Crippen LogP contribution in [0.4, 0.5) is 10.5 Å². The zero-order chi connectivity index (χ0) is 14.9. The number of aliphatic carboxylic acids is 1. The SMILES string of the molecule is Cc1ccc(Br)c(NC(=O)N2C[C@H](O)C[C@@H]2C(=O)O)c1. The van der Waals surface area contributed by atoms with Gasteiger partial charge in [-0.2, -0.15) is 0 Å². The number of benzene rings is 1. The molecule has 20 heavy (non-hydrogen) atoms. The first-order chi connectivity index (χ1) is 9.38. The van der Waals surface area contributed by atoms with Crippen LogP contribution in [0.3, 0.4) is 0 Å². The topological polar surface area (TPSA) is 89.9 Å². The number of aliphatic hydroxyl groups is 1. The highest BCUT2D eigenvalue weighted by Crippen LogP contribution is 2.25. The summed E-state index contributed by atoms with van der Waals surface area (Å²) >= 11 is 3.32. The zero-order valence-electron chi connectivity index (χ0n) is 10.8. The minimum absolute atomic E-state index is 0.0201. The molecule has 1 aromatic rings. The van der Waals surface area contributed by atoms with Crippen molar-refractivity contribution >= 4 is 33.6 Å². The summed E-state index contributed by atoms with van der Waals surface area (Å²) in [4.78, 5) is 24.4. The van der Waals surface area contributed by atoms with Gasteiger partial charge in [-0.05, 0) is 40.5 Å². The van der Waals surface area contributed by atoms with E-state index >= 15 is 0 Å². The second kappa shape index (κ2) is 5.80. The Bertz CT molecular complexity index is 549. The molecular weight excluding hydrogens is 328 g/mol. The fraction of sp³-hybridized carbons (Fsp3) is 0.385. The zero-order valence-corrected chi connectivity index (χ0v) is 12.4. The predicted molar refractivity (Wildman–Crippen MR) is 76.7 cm³/mol. The highest BCUT2D eigenvalue weighted by atomic mass is 79.9. The Kier molecular flexibility index (Phi) is 4.29. The third kappa shape index (κ3) is 3.10. The quantitative estimate of drug-likeness (QED) is 0.764. The summed E-state index contributed by atoms with van der Waals surface area (Å²) in [5.41, 5.74) is 1.54. The fourth-order valence-corrected chi connectivity index (χ4v) is 2.54. The van der Waals surface area contributed by atoms with Crippen LogP contribution < -0.4 is 5.32 Å². The average molecular weight is 343 g/mol. The number of aryl methyl sites for hydroxylation is 1. The lowest BCUT2D eigenvalue weighted by atomic mass is 10.2. The smallest absolute Gasteiger partial charge is 0.326 e. The molecule has 1 aliphatic heterocycles. The molecule has 1 aromatic carbocycles. The summed E-state index contributed by atoms with van der Waals surface area (Å²) in [5, 5.41) is 21.3. The van der Waals surface area contributed by atoms with Crippen LogP contribution in [0.5, 0.6) is 0 Å². The van der Waals surface area contributed by atoms with E-state index in [1.54, 1.807) is 12.1 Å². The molecule has 2 atom stereocenters. The van der Waals surface area contributed by atoms with E-state index in [1.165, 1.54) is 0 Å². The third-order valence-corrected chi connectivity index (χ3v) is 3.88. The van der Waals surface area contributed by atoms with E-state index in [2.05, 4.69) is 21.2 Å². The Balaban J connectivity index is 2.15. The van der Waals surface area contributed by atoms with Crippen molar-refractivity contribution < 1.29 is 19.8 Å². The molecule has 2 rings (SSSR count). The van der Waals surface area contributed by atoms with Crippen LogP contribution in [0.25, 0.3) is 0 Å². The van der Waals surface area contributed by atoms with Crippen LogP contribution in [-0.4, -0.2) is 45.8 Å². The lowest BCUT2D eigenvalue weighted by Gasteiger charge is -2.22. The normalized spacial score (nSPS) is 21.9. The molecule has 0 radical (unpaired) electrons. The second-order valence-electron chi connectivity index (χ2n) is 4.81. The summed E-state index contributed by atoms with van der Waals surface area (Å²) < 4.78 is 0.711. The Morgan fingerprint density at radius 2 is 2.15 bits per heavy atom. The number of nitrogens with zero attached hydrogens (tertiary/aromatic N) is 1. The largest absolute Gasteiger partial charge is 0.480 e. The van der Waals surface area contributed by atoms with Crippen molar-refractivity contribution in [3.05, 3.63) is 28.2 Å². The summed E-state index contributed by atoms with van der Waals surface area (Å²) in [6.45, 7) is 1.91. The number of hydrogen-bond acceptors (Lipinski definition) is 3. The molecular formula is C13H15BrN2O4. The highest BCUT2D eigenvalue weighted by molar-refractivity contribution is 9.10. The highest BCUT2D eigenvalue weighted by Gasteiger charge is 2.39. The number of rotatable bonds is 2. The number of anilines is 1. The predicted octanol–water partition coefficient (Wildman–Crippen LogP) is 1.81. The number of carbonyl (C=O) groups excluding carboxylic acids is 1. The van der Waals surface area contributed by atoms with Crippen LogP contribution in [-0.2, 0) is 4.79 Å². The van der Waals surface area contributed by atoms with E-state index in [-0.39, 0.29) is 13.0 Å². The number of amides is 2. The number of likely N-dealkylation sites (tertiary alicyclic amines) is 1. The third-order valence-electron chi connectivity index (χ3n) is 3.19. The molecule has 0 aromatic heterocycles. The monoisotopic (exact) mass is 342 g/mol. The molecule has 0 spiro atoms. The van der Waals surface area contributed by atoms with Crippen molar-refractivity contribution in [3.8, 4) is 0 Å². The van der Waals surface area contributed by atoms with E-state index in [4.69, 9.17) is 5.11 Å². The van der Waals surface area contributed by atoms with Crippen LogP contribution in [0.15, 0.2) is 22.7 Å². The molecule has 1 saturated heterocycles. The molecule has 6 nitrogen and oxygen atoms in total. The number of nitrogens with one attached hydrogen (secondary N) is 1. The first-order valence-corrected chi connectivity index (χ1v) is 6.92. The molecule has 2 amide bonds. The first kappa shape index (κ1) is 14.8. The van der Waals surface area contributed by atoms with Gasteiger partial charge in [0.15, 0.2) is 0 Å². The number of halogens is 1. The van der Waals surface area contributed by atoms with Gasteiger partial charge in [0.05, 0.1) is 11.8 Å². The number of carboxylic acids is 1. The number of urea groups is 1. The van der Waals surface area contributed by atoms with Crippen LogP contribution >= 0.6 is 15.9 Å². The van der Waals surface area contributed by atoms with Gasteiger partial charge >= 0.3 is 12.0 Å². The maximum atomic E-state index is 12.2. The van der Waals surface area contributed by atoms with Gasteiger partial charge in [-0.25, -0.2) is 9.59 Å². The van der Waals surface area contributed by atoms with Crippen molar-refractivity contribution in [3.63, 3.8) is 0 Å². The Labute approximate surface area is 124 Å². The molecule has 7 heteroatoms. The van der Waals surface area contributed by atoms with Crippen LogP contribution in [0.1, 0.15) is 12.0 Å². The molecule has 108 valence electrons. The van der Waals surface area contributed by atoms with E-state index < -0.39 is 24.1 Å². The molecule has 1 aliphatic rings. The van der Waals surface area contributed by atoms with E-state index in [0.29, 0.717) is 10.2 Å². The molecule has 1 heterocycles. The Hall–Kier alpha value is -1.60. The first-order valence-electron chi connectivity index (χ1n) is 6.13. The van der Waals surface area contributed by atoms with Crippen molar-refractivity contribution in [2.24, 2.45) is 0 Å². The molecule has 0 bridgehead atoms.